The zero-order valence-electron chi connectivity index (χ0n) is 10.6. The molecule has 0 aromatic heterocycles. The van der Waals surface area contributed by atoms with E-state index in [9.17, 15) is 4.79 Å². The number of carboxylic acid groups (broad SMARTS) is 1. The summed E-state index contributed by atoms with van der Waals surface area (Å²) in [6, 6.07) is 0. The molecule has 0 heterocycles. The quantitative estimate of drug-likeness (QED) is 0.264. The molecule has 4 atom stereocenters. The third-order valence-corrected chi connectivity index (χ3v) is 1.51. The van der Waals surface area contributed by atoms with Gasteiger partial charge >= 0.3 is 65.1 Å². The smallest absolute Gasteiger partial charge is 1.00 e. The Morgan fingerprint density at radius 3 is 1.73 bits per heavy atom. The summed E-state index contributed by atoms with van der Waals surface area (Å²) < 4.78 is 0. The average molecular weight is 244 g/mol. The Balaban J connectivity index is -0.000000120. The van der Waals surface area contributed by atoms with E-state index in [-0.39, 0.29) is 62.0 Å². The molecule has 15 heavy (non-hydrogen) atoms. The van der Waals surface area contributed by atoms with Crippen LogP contribution in [-0.2, 0) is 4.79 Å². The average Bonchev–Trinajstić information content (AvgIpc) is 2.12. The van der Waals surface area contributed by atoms with Crippen LogP contribution in [-0.4, -0.2) is 67.6 Å². The molecule has 0 fully saturated rings. The first-order valence-corrected chi connectivity index (χ1v) is 3.47. The van der Waals surface area contributed by atoms with Gasteiger partial charge in [0.15, 0.2) is 6.10 Å². The molecule has 0 radical (unpaired) electrons. The largest absolute Gasteiger partial charge is 1.00 e. The van der Waals surface area contributed by atoms with Crippen molar-refractivity contribution in [3.05, 3.63) is 0 Å². The second-order valence-corrected chi connectivity index (χ2v) is 2.51. The number of aliphatic hydroxyl groups excluding tert-OH is 5. The molecule has 82 valence electrons. The summed E-state index contributed by atoms with van der Waals surface area (Å²) in [4.78, 5) is 10.1. The van der Waals surface area contributed by atoms with Crippen LogP contribution >= 0.6 is 0 Å². The van der Waals surface area contributed by atoms with E-state index in [4.69, 9.17) is 30.6 Å². The molecule has 7 nitrogen and oxygen atoms in total. The Morgan fingerprint density at radius 2 is 1.47 bits per heavy atom. The molecule has 0 rings (SSSR count). The molecule has 0 spiro atoms. The first-order valence-electron chi connectivity index (χ1n) is 3.47. The molecule has 0 unspecified atom stereocenters. The number of carbonyl (C=O) groups is 1. The number of hydrogen-bond donors (Lipinski definition) is 6. The summed E-state index contributed by atoms with van der Waals surface area (Å²) in [6.45, 7) is -0.843. The van der Waals surface area contributed by atoms with Crippen molar-refractivity contribution in [3.63, 3.8) is 0 Å². The van der Waals surface area contributed by atoms with Crippen LogP contribution in [0.15, 0.2) is 0 Å². The van der Waals surface area contributed by atoms with Crippen molar-refractivity contribution in [1.82, 2.24) is 0 Å². The standard InChI is InChI=1S/C6H12O7.2Na.2H/c7-1-2(8)3(9)4(10)5(11)6(12)13;;;;/h2-5,7-11H,1H2,(H,12,13);;;;/q;2*+1;2*-1/t2-,3-,4+,5-;;;;/m1..../s1. The van der Waals surface area contributed by atoms with Crippen LogP contribution in [0.4, 0.5) is 0 Å². The fourth-order valence-electron chi connectivity index (χ4n) is 0.668. The zero-order chi connectivity index (χ0) is 10.6. The third-order valence-electron chi connectivity index (χ3n) is 1.51. The topological polar surface area (TPSA) is 138 Å². The summed E-state index contributed by atoms with van der Waals surface area (Å²) in [7, 11) is 0. The van der Waals surface area contributed by atoms with Crippen molar-refractivity contribution in [2.24, 2.45) is 0 Å². The number of rotatable bonds is 5. The number of aliphatic hydroxyl groups is 5. The van der Waals surface area contributed by atoms with Crippen molar-refractivity contribution in [3.8, 4) is 0 Å². The van der Waals surface area contributed by atoms with E-state index in [0.29, 0.717) is 0 Å². The molecule has 0 saturated heterocycles. The molecule has 6 N–H and O–H groups in total. The molecule has 9 heteroatoms. The Bertz CT molecular complexity index is 188. The summed E-state index contributed by atoms with van der Waals surface area (Å²) in [5, 5.41) is 51.8. The second kappa shape index (κ2) is 10.4. The Kier molecular flexibility index (Phi) is 15.0. The molecule has 0 aliphatic carbocycles. The fourth-order valence-corrected chi connectivity index (χ4v) is 0.668. The van der Waals surface area contributed by atoms with Crippen LogP contribution < -0.4 is 59.1 Å². The van der Waals surface area contributed by atoms with Gasteiger partial charge in [0.2, 0.25) is 0 Å². The minimum atomic E-state index is -2.20. The monoisotopic (exact) mass is 244 g/mol. The maximum atomic E-state index is 10.1. The van der Waals surface area contributed by atoms with Gasteiger partial charge in [0.05, 0.1) is 6.61 Å². The SMILES string of the molecule is O=C(O)[C@H](O)[C@@H](O)[C@H](O)[C@H](O)CO.[H-].[H-].[Na+].[Na+]. The second-order valence-electron chi connectivity index (χ2n) is 2.51. The summed E-state index contributed by atoms with van der Waals surface area (Å²) in [5.74, 6) is -1.73. The van der Waals surface area contributed by atoms with Crippen LogP contribution in [0, 0.1) is 0 Å². The van der Waals surface area contributed by atoms with Gasteiger partial charge in [-0.2, -0.15) is 0 Å². The predicted octanol–water partition coefficient (Wildman–Crippen LogP) is -9.26. The van der Waals surface area contributed by atoms with E-state index in [1.54, 1.807) is 0 Å². The van der Waals surface area contributed by atoms with Crippen LogP contribution in [0.3, 0.4) is 0 Å². The summed E-state index contributed by atoms with van der Waals surface area (Å²) in [6.07, 6.45) is -7.84. The van der Waals surface area contributed by atoms with Gasteiger partial charge in [-0.1, -0.05) is 0 Å². The first kappa shape index (κ1) is 21.5. The predicted molar refractivity (Wildman–Crippen MR) is 41.0 cm³/mol. The molecule has 0 aliphatic heterocycles. The van der Waals surface area contributed by atoms with E-state index in [0.717, 1.165) is 0 Å². The van der Waals surface area contributed by atoms with Gasteiger partial charge in [0.1, 0.15) is 18.3 Å². The van der Waals surface area contributed by atoms with Crippen LogP contribution in [0.5, 0.6) is 0 Å². The minimum Gasteiger partial charge on any atom is -1.00 e. The normalized spacial score (nSPS) is 17.7. The van der Waals surface area contributed by atoms with Crippen LogP contribution in [0.25, 0.3) is 0 Å². The summed E-state index contributed by atoms with van der Waals surface area (Å²) >= 11 is 0. The Labute approximate surface area is 133 Å². The van der Waals surface area contributed by atoms with E-state index >= 15 is 0 Å². The molecule has 0 aromatic rings. The van der Waals surface area contributed by atoms with Gasteiger partial charge in [-0.15, -0.1) is 0 Å². The van der Waals surface area contributed by atoms with Gasteiger partial charge in [0, 0.05) is 0 Å². The molecule has 0 aliphatic rings. The van der Waals surface area contributed by atoms with Crippen molar-refractivity contribution < 1.29 is 97.4 Å². The van der Waals surface area contributed by atoms with Gasteiger partial charge in [-0.05, 0) is 0 Å². The molecule has 0 aromatic carbocycles. The molecule has 0 saturated carbocycles. The Hall–Kier alpha value is 1.27. The van der Waals surface area contributed by atoms with E-state index in [1.165, 1.54) is 0 Å². The zero-order valence-corrected chi connectivity index (χ0v) is 12.6. The minimum absolute atomic E-state index is 0. The molecule has 0 bridgehead atoms. The summed E-state index contributed by atoms with van der Waals surface area (Å²) in [5.41, 5.74) is 0. The number of hydrogen-bond acceptors (Lipinski definition) is 6. The van der Waals surface area contributed by atoms with Crippen molar-refractivity contribution in [2.75, 3.05) is 6.61 Å². The van der Waals surface area contributed by atoms with E-state index < -0.39 is 37.0 Å². The third kappa shape index (κ3) is 7.24. The molecular formula is C6H14Na2O7. The fraction of sp³-hybridized carbons (Fsp3) is 0.833. The van der Waals surface area contributed by atoms with Crippen molar-refractivity contribution in [1.29, 1.82) is 0 Å². The maximum Gasteiger partial charge on any atom is 1.00 e. The van der Waals surface area contributed by atoms with Crippen molar-refractivity contribution in [2.45, 2.75) is 24.4 Å². The first-order chi connectivity index (χ1) is 5.91. The number of carboxylic acids is 1. The van der Waals surface area contributed by atoms with Gasteiger partial charge in [0.25, 0.3) is 0 Å². The number of aliphatic carboxylic acids is 1. The maximum absolute atomic E-state index is 10.1. The van der Waals surface area contributed by atoms with E-state index in [2.05, 4.69) is 0 Å². The van der Waals surface area contributed by atoms with Gasteiger partial charge < -0.3 is 33.5 Å². The molecular weight excluding hydrogens is 230 g/mol. The van der Waals surface area contributed by atoms with E-state index in [1.807, 2.05) is 0 Å². The van der Waals surface area contributed by atoms with Crippen LogP contribution in [0.2, 0.25) is 0 Å². The molecule has 0 amide bonds. The Morgan fingerprint density at radius 1 is 1.07 bits per heavy atom. The van der Waals surface area contributed by atoms with Gasteiger partial charge in [-0.3, -0.25) is 0 Å². The van der Waals surface area contributed by atoms with Gasteiger partial charge in [-0.25, -0.2) is 4.79 Å². The van der Waals surface area contributed by atoms with Crippen molar-refractivity contribution >= 4 is 5.97 Å². The van der Waals surface area contributed by atoms with Crippen LogP contribution in [0.1, 0.15) is 2.85 Å².